The molecule has 0 heterocycles. The minimum Gasteiger partial charge on any atom is -0.352 e. The second kappa shape index (κ2) is 8.75. The molecule has 0 fully saturated rings. The van der Waals surface area contributed by atoms with Crippen LogP contribution in [0.15, 0.2) is 30.3 Å². The molecular formula is C17H28N2O. The molecule has 0 aromatic heterocycles. The van der Waals surface area contributed by atoms with Crippen molar-refractivity contribution in [1.82, 2.24) is 5.32 Å². The minimum absolute atomic E-state index is 0.0308. The summed E-state index contributed by atoms with van der Waals surface area (Å²) in [6.45, 7) is 6.43. The number of carbonyl (C=O) groups is 1. The molecule has 0 aliphatic rings. The van der Waals surface area contributed by atoms with Crippen molar-refractivity contribution >= 4 is 5.91 Å². The molecular weight excluding hydrogens is 248 g/mol. The van der Waals surface area contributed by atoms with Crippen LogP contribution in [0.5, 0.6) is 0 Å². The van der Waals surface area contributed by atoms with Crippen molar-refractivity contribution in [2.45, 2.75) is 58.5 Å². The number of hydrogen-bond acceptors (Lipinski definition) is 2. The van der Waals surface area contributed by atoms with Crippen molar-refractivity contribution in [3.05, 3.63) is 35.9 Å². The van der Waals surface area contributed by atoms with Crippen LogP contribution in [0.3, 0.4) is 0 Å². The Balaban J connectivity index is 2.32. The van der Waals surface area contributed by atoms with Crippen molar-refractivity contribution in [3.63, 3.8) is 0 Å². The first-order valence-corrected chi connectivity index (χ1v) is 7.62. The lowest BCUT2D eigenvalue weighted by molar-refractivity contribution is -0.123. The molecule has 1 aromatic rings. The molecule has 2 unspecified atom stereocenters. The molecule has 0 saturated heterocycles. The normalized spacial score (nSPS) is 15.4. The molecule has 0 aliphatic heterocycles. The monoisotopic (exact) mass is 276 g/mol. The number of amides is 1. The highest BCUT2D eigenvalue weighted by Gasteiger charge is 2.16. The Labute approximate surface area is 122 Å². The summed E-state index contributed by atoms with van der Waals surface area (Å²) in [4.78, 5) is 12.0. The second-order valence-corrected chi connectivity index (χ2v) is 5.79. The van der Waals surface area contributed by atoms with Gasteiger partial charge in [0.25, 0.3) is 0 Å². The predicted molar refractivity (Wildman–Crippen MR) is 84.4 cm³/mol. The van der Waals surface area contributed by atoms with E-state index in [0.29, 0.717) is 12.3 Å². The van der Waals surface area contributed by atoms with Crippen LogP contribution < -0.4 is 11.1 Å². The SMILES string of the molecule is CCC(C)CC(C)NC(=O)[C@@H](N)CCc1ccccc1. The highest BCUT2D eigenvalue weighted by molar-refractivity contribution is 5.81. The zero-order chi connectivity index (χ0) is 15.0. The lowest BCUT2D eigenvalue weighted by Gasteiger charge is -2.20. The summed E-state index contributed by atoms with van der Waals surface area (Å²) < 4.78 is 0. The maximum absolute atomic E-state index is 12.0. The fourth-order valence-electron chi connectivity index (χ4n) is 2.28. The predicted octanol–water partition coefficient (Wildman–Crippen LogP) is 2.89. The third-order valence-corrected chi connectivity index (χ3v) is 3.77. The highest BCUT2D eigenvalue weighted by atomic mass is 16.2. The molecule has 1 amide bonds. The number of benzene rings is 1. The Bertz CT molecular complexity index is 391. The molecule has 3 nitrogen and oxygen atoms in total. The lowest BCUT2D eigenvalue weighted by atomic mass is 9.99. The molecule has 3 N–H and O–H groups in total. The number of rotatable bonds is 8. The summed E-state index contributed by atoms with van der Waals surface area (Å²) in [6, 6.07) is 9.92. The molecule has 0 aliphatic carbocycles. The fourth-order valence-corrected chi connectivity index (χ4v) is 2.28. The van der Waals surface area contributed by atoms with Gasteiger partial charge in [0.2, 0.25) is 5.91 Å². The maximum atomic E-state index is 12.0. The quantitative estimate of drug-likeness (QED) is 0.767. The third-order valence-electron chi connectivity index (χ3n) is 3.77. The zero-order valence-electron chi connectivity index (χ0n) is 12.9. The Morgan fingerprint density at radius 1 is 1.25 bits per heavy atom. The van der Waals surface area contributed by atoms with Crippen molar-refractivity contribution in [2.75, 3.05) is 0 Å². The van der Waals surface area contributed by atoms with Gasteiger partial charge in [-0.15, -0.1) is 0 Å². The number of nitrogens with one attached hydrogen (secondary N) is 1. The number of nitrogens with two attached hydrogens (primary N) is 1. The van der Waals surface area contributed by atoms with E-state index in [2.05, 4.69) is 31.3 Å². The molecule has 0 radical (unpaired) electrons. The van der Waals surface area contributed by atoms with Crippen molar-refractivity contribution in [3.8, 4) is 0 Å². The summed E-state index contributed by atoms with van der Waals surface area (Å²) >= 11 is 0. The van der Waals surface area contributed by atoms with E-state index in [9.17, 15) is 4.79 Å². The van der Waals surface area contributed by atoms with Gasteiger partial charge >= 0.3 is 0 Å². The van der Waals surface area contributed by atoms with Gasteiger partial charge in [0.05, 0.1) is 6.04 Å². The second-order valence-electron chi connectivity index (χ2n) is 5.79. The van der Waals surface area contributed by atoms with Gasteiger partial charge in [0, 0.05) is 6.04 Å². The molecule has 112 valence electrons. The zero-order valence-corrected chi connectivity index (χ0v) is 12.9. The van der Waals surface area contributed by atoms with Crippen molar-refractivity contribution in [1.29, 1.82) is 0 Å². The van der Waals surface area contributed by atoms with Gasteiger partial charge < -0.3 is 11.1 Å². The van der Waals surface area contributed by atoms with Crippen LogP contribution in [-0.4, -0.2) is 18.0 Å². The Hall–Kier alpha value is -1.35. The molecule has 0 spiro atoms. The average Bonchev–Trinajstić information content (AvgIpc) is 2.45. The molecule has 0 bridgehead atoms. The first-order chi connectivity index (χ1) is 9.52. The molecule has 1 rings (SSSR count). The maximum Gasteiger partial charge on any atom is 0.237 e. The van der Waals surface area contributed by atoms with Crippen LogP contribution in [-0.2, 0) is 11.2 Å². The first-order valence-electron chi connectivity index (χ1n) is 7.62. The minimum atomic E-state index is -0.422. The van der Waals surface area contributed by atoms with Gasteiger partial charge in [-0.1, -0.05) is 50.6 Å². The van der Waals surface area contributed by atoms with Crippen LogP contribution in [0.1, 0.15) is 45.6 Å². The van der Waals surface area contributed by atoms with Crippen molar-refractivity contribution in [2.24, 2.45) is 11.7 Å². The summed E-state index contributed by atoms with van der Waals surface area (Å²) in [7, 11) is 0. The van der Waals surface area contributed by atoms with Gasteiger partial charge in [-0.05, 0) is 37.7 Å². The van der Waals surface area contributed by atoms with E-state index in [4.69, 9.17) is 5.73 Å². The number of hydrogen-bond donors (Lipinski definition) is 2. The molecule has 3 heteroatoms. The molecule has 1 aromatic carbocycles. The summed E-state index contributed by atoms with van der Waals surface area (Å²) in [5, 5.41) is 3.02. The first kappa shape index (κ1) is 16.7. The highest BCUT2D eigenvalue weighted by Crippen LogP contribution is 2.10. The van der Waals surface area contributed by atoms with E-state index in [-0.39, 0.29) is 11.9 Å². The van der Waals surface area contributed by atoms with Gasteiger partial charge in [0.1, 0.15) is 0 Å². The van der Waals surface area contributed by atoms with Gasteiger partial charge in [-0.3, -0.25) is 4.79 Å². The Kier molecular flexibility index (Phi) is 7.31. The van der Waals surface area contributed by atoms with Crippen LogP contribution in [0.4, 0.5) is 0 Å². The largest absolute Gasteiger partial charge is 0.352 e. The van der Waals surface area contributed by atoms with Crippen LogP contribution in [0.25, 0.3) is 0 Å². The summed E-state index contributed by atoms with van der Waals surface area (Å²) in [6.07, 6.45) is 3.68. The van der Waals surface area contributed by atoms with E-state index in [0.717, 1.165) is 19.3 Å². The summed E-state index contributed by atoms with van der Waals surface area (Å²) in [5.74, 6) is 0.600. The third kappa shape index (κ3) is 6.20. The average molecular weight is 276 g/mol. The van der Waals surface area contributed by atoms with Crippen LogP contribution in [0.2, 0.25) is 0 Å². The number of aryl methyl sites for hydroxylation is 1. The van der Waals surface area contributed by atoms with Gasteiger partial charge in [-0.2, -0.15) is 0 Å². The number of carbonyl (C=O) groups excluding carboxylic acids is 1. The lowest BCUT2D eigenvalue weighted by Crippen LogP contribution is -2.45. The van der Waals surface area contributed by atoms with E-state index < -0.39 is 6.04 Å². The smallest absolute Gasteiger partial charge is 0.237 e. The molecule has 20 heavy (non-hydrogen) atoms. The van der Waals surface area contributed by atoms with Crippen molar-refractivity contribution < 1.29 is 4.79 Å². The van der Waals surface area contributed by atoms with E-state index in [1.165, 1.54) is 5.56 Å². The topological polar surface area (TPSA) is 55.1 Å². The Morgan fingerprint density at radius 2 is 1.90 bits per heavy atom. The van der Waals surface area contributed by atoms with Crippen LogP contribution in [0, 0.1) is 5.92 Å². The molecule has 0 saturated carbocycles. The van der Waals surface area contributed by atoms with E-state index in [1.54, 1.807) is 0 Å². The molecule has 3 atom stereocenters. The fraction of sp³-hybridized carbons (Fsp3) is 0.588. The Morgan fingerprint density at radius 3 is 2.50 bits per heavy atom. The van der Waals surface area contributed by atoms with E-state index >= 15 is 0 Å². The summed E-state index contributed by atoms with van der Waals surface area (Å²) in [5.41, 5.74) is 7.19. The van der Waals surface area contributed by atoms with Gasteiger partial charge in [-0.25, -0.2) is 0 Å². The van der Waals surface area contributed by atoms with Crippen LogP contribution >= 0.6 is 0 Å². The standard InChI is InChI=1S/C17H28N2O/c1-4-13(2)12-14(3)19-17(20)16(18)11-10-15-8-6-5-7-9-15/h5-9,13-14,16H,4,10-12,18H2,1-3H3,(H,19,20)/t13?,14?,16-/m0/s1. The van der Waals surface area contributed by atoms with Gasteiger partial charge in [0.15, 0.2) is 0 Å². The van der Waals surface area contributed by atoms with E-state index in [1.807, 2.05) is 25.1 Å².